The Kier molecular flexibility index (Phi) is 4.10. The molecule has 0 amide bonds. The Morgan fingerprint density at radius 2 is 2.00 bits per heavy atom. The molecule has 0 saturated heterocycles. The zero-order valence-electron chi connectivity index (χ0n) is 11.3. The molecule has 1 heterocycles. The number of aromatic nitrogens is 2. The Morgan fingerprint density at radius 1 is 1.22 bits per heavy atom. The van der Waals surface area contributed by atoms with Gasteiger partial charge in [0.2, 0.25) is 0 Å². The highest BCUT2D eigenvalue weighted by atomic mass is 15.2. The van der Waals surface area contributed by atoms with Crippen LogP contribution in [0.1, 0.15) is 12.7 Å². The summed E-state index contributed by atoms with van der Waals surface area (Å²) in [6, 6.07) is 8.18. The second kappa shape index (κ2) is 5.78. The van der Waals surface area contributed by atoms with Crippen LogP contribution in [0.2, 0.25) is 0 Å². The molecule has 0 atom stereocenters. The minimum Gasteiger partial charge on any atom is -0.355 e. The lowest BCUT2D eigenvalue weighted by molar-refractivity contribution is 0.729. The molecule has 0 unspecified atom stereocenters. The Bertz CT molecular complexity index is 524. The van der Waals surface area contributed by atoms with Gasteiger partial charge in [-0.25, -0.2) is 9.97 Å². The van der Waals surface area contributed by atoms with Crippen LogP contribution in [0.4, 0.5) is 5.82 Å². The number of likely N-dealkylation sites (N-methyl/N-ethyl adjacent to an activating group) is 2. The molecule has 4 nitrogen and oxygen atoms in total. The molecule has 2 aromatic rings. The van der Waals surface area contributed by atoms with Gasteiger partial charge in [0, 0.05) is 25.0 Å². The van der Waals surface area contributed by atoms with E-state index in [1.165, 1.54) is 0 Å². The van der Waals surface area contributed by atoms with Crippen LogP contribution in [0, 0.1) is 6.92 Å². The molecule has 0 saturated carbocycles. The summed E-state index contributed by atoms with van der Waals surface area (Å²) in [6.07, 6.45) is 0. The number of hydrogen-bond acceptors (Lipinski definition) is 4. The zero-order valence-corrected chi connectivity index (χ0v) is 11.3. The molecule has 0 spiro atoms. The molecular formula is C14H20N4. The molecule has 0 fully saturated rings. The van der Waals surface area contributed by atoms with E-state index in [1.807, 2.05) is 32.2 Å². The minimum absolute atomic E-state index is 0.826. The predicted octanol–water partition coefficient (Wildman–Crippen LogP) is 1.98. The number of aryl methyl sites for hydroxylation is 1. The summed E-state index contributed by atoms with van der Waals surface area (Å²) in [5, 5.41) is 4.31. The monoisotopic (exact) mass is 244 g/mol. The largest absolute Gasteiger partial charge is 0.355 e. The number of benzene rings is 1. The van der Waals surface area contributed by atoms with Crippen LogP contribution in [0.15, 0.2) is 24.3 Å². The van der Waals surface area contributed by atoms with Crippen LogP contribution >= 0.6 is 0 Å². The number of nitrogens with zero attached hydrogens (tertiary/aromatic N) is 3. The molecule has 1 aromatic heterocycles. The van der Waals surface area contributed by atoms with Crippen molar-refractivity contribution in [1.29, 1.82) is 0 Å². The molecule has 1 N–H and O–H groups in total. The van der Waals surface area contributed by atoms with E-state index in [9.17, 15) is 0 Å². The van der Waals surface area contributed by atoms with E-state index in [-0.39, 0.29) is 0 Å². The van der Waals surface area contributed by atoms with Gasteiger partial charge < -0.3 is 10.2 Å². The SMILES string of the molecule is CCN(CCNC)c1nc(C)nc2ccccc12. The van der Waals surface area contributed by atoms with Crippen LogP contribution in [0.25, 0.3) is 10.9 Å². The second-order valence-electron chi connectivity index (χ2n) is 4.29. The summed E-state index contributed by atoms with van der Waals surface area (Å²) in [5.41, 5.74) is 1.02. The van der Waals surface area contributed by atoms with Gasteiger partial charge in [-0.2, -0.15) is 0 Å². The van der Waals surface area contributed by atoms with Crippen molar-refractivity contribution in [1.82, 2.24) is 15.3 Å². The molecule has 4 heteroatoms. The predicted molar refractivity (Wildman–Crippen MR) is 76.1 cm³/mol. The van der Waals surface area contributed by atoms with Crippen LogP contribution in [0.3, 0.4) is 0 Å². The smallest absolute Gasteiger partial charge is 0.140 e. The highest BCUT2D eigenvalue weighted by molar-refractivity contribution is 5.89. The van der Waals surface area contributed by atoms with Crippen LogP contribution in [-0.4, -0.2) is 36.6 Å². The normalized spacial score (nSPS) is 10.8. The van der Waals surface area contributed by atoms with Crippen molar-refractivity contribution in [2.45, 2.75) is 13.8 Å². The Morgan fingerprint density at radius 3 is 2.72 bits per heavy atom. The van der Waals surface area contributed by atoms with Gasteiger partial charge in [0.25, 0.3) is 0 Å². The van der Waals surface area contributed by atoms with Gasteiger partial charge in [-0.05, 0) is 33.0 Å². The third-order valence-corrected chi connectivity index (χ3v) is 3.01. The number of hydrogen-bond donors (Lipinski definition) is 1. The van der Waals surface area contributed by atoms with Crippen molar-refractivity contribution in [2.24, 2.45) is 0 Å². The summed E-state index contributed by atoms with van der Waals surface area (Å²) < 4.78 is 0. The molecule has 0 aliphatic heterocycles. The fraction of sp³-hybridized carbons (Fsp3) is 0.429. The molecule has 0 radical (unpaired) electrons. The second-order valence-corrected chi connectivity index (χ2v) is 4.29. The number of para-hydroxylation sites is 1. The summed E-state index contributed by atoms with van der Waals surface area (Å²) in [5.74, 6) is 1.86. The highest BCUT2D eigenvalue weighted by Crippen LogP contribution is 2.23. The summed E-state index contributed by atoms with van der Waals surface area (Å²) in [6.45, 7) is 6.95. The fourth-order valence-corrected chi connectivity index (χ4v) is 2.07. The van der Waals surface area contributed by atoms with E-state index >= 15 is 0 Å². The third kappa shape index (κ3) is 2.59. The molecule has 0 aliphatic rings. The van der Waals surface area contributed by atoms with E-state index in [1.54, 1.807) is 0 Å². The molecule has 0 bridgehead atoms. The van der Waals surface area contributed by atoms with Gasteiger partial charge in [0.1, 0.15) is 11.6 Å². The van der Waals surface area contributed by atoms with E-state index in [4.69, 9.17) is 0 Å². The van der Waals surface area contributed by atoms with Gasteiger partial charge in [-0.3, -0.25) is 0 Å². The van der Waals surface area contributed by atoms with Gasteiger partial charge in [-0.15, -0.1) is 0 Å². The summed E-state index contributed by atoms with van der Waals surface area (Å²) >= 11 is 0. The van der Waals surface area contributed by atoms with E-state index in [0.29, 0.717) is 0 Å². The van der Waals surface area contributed by atoms with Gasteiger partial charge in [0.15, 0.2) is 0 Å². The third-order valence-electron chi connectivity index (χ3n) is 3.01. The van der Waals surface area contributed by atoms with Crippen LogP contribution in [-0.2, 0) is 0 Å². The highest BCUT2D eigenvalue weighted by Gasteiger charge is 2.11. The number of rotatable bonds is 5. The first kappa shape index (κ1) is 12.8. The maximum atomic E-state index is 4.61. The van der Waals surface area contributed by atoms with Gasteiger partial charge in [0.05, 0.1) is 5.52 Å². The van der Waals surface area contributed by atoms with Gasteiger partial charge >= 0.3 is 0 Å². The molecule has 96 valence electrons. The Balaban J connectivity index is 2.47. The minimum atomic E-state index is 0.826. The lowest BCUT2D eigenvalue weighted by Gasteiger charge is -2.23. The average Bonchev–Trinajstić information content (AvgIpc) is 2.39. The summed E-state index contributed by atoms with van der Waals surface area (Å²) in [4.78, 5) is 11.4. The van der Waals surface area contributed by atoms with Crippen LogP contribution < -0.4 is 10.2 Å². The lowest BCUT2D eigenvalue weighted by Crippen LogP contribution is -2.31. The topological polar surface area (TPSA) is 41.0 Å². The number of anilines is 1. The average molecular weight is 244 g/mol. The Hall–Kier alpha value is -1.68. The van der Waals surface area contributed by atoms with Crippen molar-refractivity contribution >= 4 is 16.7 Å². The lowest BCUT2D eigenvalue weighted by atomic mass is 10.2. The molecule has 0 aliphatic carbocycles. The van der Waals surface area contributed by atoms with Gasteiger partial charge in [-0.1, -0.05) is 12.1 Å². The standard InChI is InChI=1S/C14H20N4/c1-4-18(10-9-15-3)14-12-7-5-6-8-13(12)16-11(2)17-14/h5-8,15H,4,9-10H2,1-3H3. The molecule has 2 rings (SSSR count). The Labute approximate surface area is 108 Å². The van der Waals surface area contributed by atoms with Crippen molar-refractivity contribution in [2.75, 3.05) is 31.6 Å². The van der Waals surface area contributed by atoms with Crippen LogP contribution in [0.5, 0.6) is 0 Å². The van der Waals surface area contributed by atoms with E-state index in [0.717, 1.165) is 42.2 Å². The first-order valence-corrected chi connectivity index (χ1v) is 6.39. The van der Waals surface area contributed by atoms with Crippen molar-refractivity contribution < 1.29 is 0 Å². The summed E-state index contributed by atoms with van der Waals surface area (Å²) in [7, 11) is 1.97. The number of nitrogens with one attached hydrogen (secondary N) is 1. The first-order chi connectivity index (χ1) is 8.76. The molecular weight excluding hydrogens is 224 g/mol. The van der Waals surface area contributed by atoms with Crippen molar-refractivity contribution in [3.05, 3.63) is 30.1 Å². The first-order valence-electron chi connectivity index (χ1n) is 6.39. The number of fused-ring (bicyclic) bond motifs is 1. The maximum absolute atomic E-state index is 4.61. The van der Waals surface area contributed by atoms with Crippen molar-refractivity contribution in [3.63, 3.8) is 0 Å². The molecule has 1 aromatic carbocycles. The molecule has 18 heavy (non-hydrogen) atoms. The zero-order chi connectivity index (χ0) is 13.0. The van der Waals surface area contributed by atoms with E-state index < -0.39 is 0 Å². The quantitative estimate of drug-likeness (QED) is 0.873. The maximum Gasteiger partial charge on any atom is 0.140 e. The fourth-order valence-electron chi connectivity index (χ4n) is 2.07. The van der Waals surface area contributed by atoms with Crippen molar-refractivity contribution in [3.8, 4) is 0 Å². The van der Waals surface area contributed by atoms with E-state index in [2.05, 4.69) is 33.2 Å².